The first-order valence-electron chi connectivity index (χ1n) is 4.93. The molecule has 0 saturated heterocycles. The topological polar surface area (TPSA) is 37.3 Å². The molecule has 0 aliphatic heterocycles. The number of carboxylic acids is 1. The number of aliphatic carboxylic acids is 1. The zero-order chi connectivity index (χ0) is 10.0. The quantitative estimate of drug-likeness (QED) is 0.681. The SMILES string of the molecule is C=C[C@H]1[C@@H]([C@@H](C)C(=O)O)CC[C@@H]1C. The lowest BCUT2D eigenvalue weighted by molar-refractivity contribution is -0.143. The second-order valence-corrected chi connectivity index (χ2v) is 4.16. The fourth-order valence-corrected chi connectivity index (χ4v) is 2.44. The van der Waals surface area contributed by atoms with Crippen molar-refractivity contribution in [2.24, 2.45) is 23.7 Å². The molecule has 1 N–H and O–H groups in total. The van der Waals surface area contributed by atoms with Gasteiger partial charge in [0.25, 0.3) is 0 Å². The Balaban J connectivity index is 2.70. The molecule has 2 heteroatoms. The highest BCUT2D eigenvalue weighted by Gasteiger charge is 2.37. The van der Waals surface area contributed by atoms with Crippen LogP contribution in [-0.4, -0.2) is 11.1 Å². The summed E-state index contributed by atoms with van der Waals surface area (Å²) < 4.78 is 0. The van der Waals surface area contributed by atoms with Gasteiger partial charge in [0.2, 0.25) is 0 Å². The highest BCUT2D eigenvalue weighted by atomic mass is 16.4. The molecule has 13 heavy (non-hydrogen) atoms. The highest BCUT2D eigenvalue weighted by molar-refractivity contribution is 5.70. The van der Waals surface area contributed by atoms with Crippen LogP contribution in [0, 0.1) is 23.7 Å². The molecule has 0 aromatic rings. The molecule has 1 fully saturated rings. The van der Waals surface area contributed by atoms with Gasteiger partial charge in [-0.05, 0) is 30.6 Å². The third-order valence-corrected chi connectivity index (χ3v) is 3.41. The van der Waals surface area contributed by atoms with Crippen LogP contribution in [0.4, 0.5) is 0 Å². The van der Waals surface area contributed by atoms with Gasteiger partial charge in [0.1, 0.15) is 0 Å². The Bertz CT molecular complexity index is 210. The summed E-state index contributed by atoms with van der Waals surface area (Å²) in [7, 11) is 0. The van der Waals surface area contributed by atoms with E-state index in [4.69, 9.17) is 5.11 Å². The molecular formula is C11H18O2. The van der Waals surface area contributed by atoms with Gasteiger partial charge < -0.3 is 5.11 Å². The molecule has 1 saturated carbocycles. The van der Waals surface area contributed by atoms with E-state index < -0.39 is 5.97 Å². The predicted molar refractivity (Wildman–Crippen MR) is 52.4 cm³/mol. The van der Waals surface area contributed by atoms with Crippen molar-refractivity contribution in [3.63, 3.8) is 0 Å². The van der Waals surface area contributed by atoms with Crippen molar-refractivity contribution < 1.29 is 9.90 Å². The summed E-state index contributed by atoms with van der Waals surface area (Å²) in [6, 6.07) is 0. The van der Waals surface area contributed by atoms with Crippen molar-refractivity contribution in [2.45, 2.75) is 26.7 Å². The normalized spacial score (nSPS) is 35.7. The van der Waals surface area contributed by atoms with Gasteiger partial charge in [-0.1, -0.05) is 19.9 Å². The minimum atomic E-state index is -0.675. The maximum Gasteiger partial charge on any atom is 0.306 e. The molecule has 0 spiro atoms. The van der Waals surface area contributed by atoms with Crippen molar-refractivity contribution in [1.29, 1.82) is 0 Å². The number of hydrogen-bond acceptors (Lipinski definition) is 1. The molecule has 0 amide bonds. The minimum absolute atomic E-state index is 0.229. The molecule has 0 heterocycles. The van der Waals surface area contributed by atoms with E-state index in [1.54, 1.807) is 0 Å². The van der Waals surface area contributed by atoms with E-state index in [0.717, 1.165) is 12.8 Å². The zero-order valence-electron chi connectivity index (χ0n) is 8.36. The first-order valence-corrected chi connectivity index (χ1v) is 4.93. The zero-order valence-corrected chi connectivity index (χ0v) is 8.36. The summed E-state index contributed by atoms with van der Waals surface area (Å²) in [5, 5.41) is 8.91. The lowest BCUT2D eigenvalue weighted by Crippen LogP contribution is -2.24. The molecule has 0 aromatic carbocycles. The van der Waals surface area contributed by atoms with Crippen LogP contribution in [0.2, 0.25) is 0 Å². The number of carboxylic acid groups (broad SMARTS) is 1. The Labute approximate surface area is 79.6 Å². The van der Waals surface area contributed by atoms with Crippen LogP contribution in [0.3, 0.4) is 0 Å². The van der Waals surface area contributed by atoms with Crippen molar-refractivity contribution >= 4 is 5.97 Å². The second-order valence-electron chi connectivity index (χ2n) is 4.16. The second kappa shape index (κ2) is 3.95. The summed E-state index contributed by atoms with van der Waals surface area (Å²) in [5.41, 5.74) is 0. The average Bonchev–Trinajstić information content (AvgIpc) is 2.45. The minimum Gasteiger partial charge on any atom is -0.481 e. The van der Waals surface area contributed by atoms with E-state index in [0.29, 0.717) is 17.8 Å². The van der Waals surface area contributed by atoms with Crippen molar-refractivity contribution in [3.8, 4) is 0 Å². The smallest absolute Gasteiger partial charge is 0.306 e. The van der Waals surface area contributed by atoms with E-state index in [-0.39, 0.29) is 5.92 Å². The Morgan fingerprint density at radius 1 is 1.62 bits per heavy atom. The fraction of sp³-hybridized carbons (Fsp3) is 0.727. The Morgan fingerprint density at radius 3 is 2.69 bits per heavy atom. The predicted octanol–water partition coefficient (Wildman–Crippen LogP) is 2.56. The van der Waals surface area contributed by atoms with Crippen LogP contribution >= 0.6 is 0 Å². The van der Waals surface area contributed by atoms with Crippen LogP contribution in [0.5, 0.6) is 0 Å². The first-order chi connectivity index (χ1) is 6.07. The van der Waals surface area contributed by atoms with Gasteiger partial charge in [0.05, 0.1) is 5.92 Å². The molecule has 0 bridgehead atoms. The first kappa shape index (κ1) is 10.3. The van der Waals surface area contributed by atoms with Crippen molar-refractivity contribution in [1.82, 2.24) is 0 Å². The van der Waals surface area contributed by atoms with Gasteiger partial charge in [-0.15, -0.1) is 6.58 Å². The number of rotatable bonds is 3. The molecule has 4 atom stereocenters. The molecule has 74 valence electrons. The van der Waals surface area contributed by atoms with E-state index >= 15 is 0 Å². The van der Waals surface area contributed by atoms with E-state index in [9.17, 15) is 4.79 Å². The molecule has 0 unspecified atom stereocenters. The fourth-order valence-electron chi connectivity index (χ4n) is 2.44. The summed E-state index contributed by atoms with van der Waals surface area (Å²) >= 11 is 0. The summed E-state index contributed by atoms with van der Waals surface area (Å²) in [6.45, 7) is 7.78. The number of carbonyl (C=O) groups is 1. The molecule has 1 rings (SSSR count). The summed E-state index contributed by atoms with van der Waals surface area (Å²) in [5.74, 6) is 0.388. The summed E-state index contributed by atoms with van der Waals surface area (Å²) in [4.78, 5) is 10.8. The monoisotopic (exact) mass is 182 g/mol. The molecule has 1 aliphatic rings. The molecular weight excluding hydrogens is 164 g/mol. The number of allylic oxidation sites excluding steroid dienone is 1. The highest BCUT2D eigenvalue weighted by Crippen LogP contribution is 2.41. The van der Waals surface area contributed by atoms with Crippen LogP contribution in [-0.2, 0) is 4.79 Å². The molecule has 0 radical (unpaired) electrons. The van der Waals surface area contributed by atoms with Gasteiger partial charge in [0.15, 0.2) is 0 Å². The van der Waals surface area contributed by atoms with Crippen molar-refractivity contribution in [2.75, 3.05) is 0 Å². The van der Waals surface area contributed by atoms with Gasteiger partial charge in [-0.25, -0.2) is 0 Å². The lowest BCUT2D eigenvalue weighted by Gasteiger charge is -2.22. The maximum atomic E-state index is 10.8. The van der Waals surface area contributed by atoms with E-state index in [1.165, 1.54) is 0 Å². The van der Waals surface area contributed by atoms with Gasteiger partial charge >= 0.3 is 5.97 Å². The maximum absolute atomic E-state index is 10.8. The molecule has 0 aromatic heterocycles. The van der Waals surface area contributed by atoms with Crippen molar-refractivity contribution in [3.05, 3.63) is 12.7 Å². The lowest BCUT2D eigenvalue weighted by atomic mass is 9.82. The van der Waals surface area contributed by atoms with Gasteiger partial charge in [0, 0.05) is 0 Å². The molecule has 2 nitrogen and oxygen atoms in total. The van der Waals surface area contributed by atoms with Crippen LogP contribution in [0.15, 0.2) is 12.7 Å². The average molecular weight is 182 g/mol. The Morgan fingerprint density at radius 2 is 2.23 bits per heavy atom. The van der Waals surface area contributed by atoms with Crippen LogP contribution in [0.1, 0.15) is 26.7 Å². The third-order valence-electron chi connectivity index (χ3n) is 3.41. The standard InChI is InChI=1S/C11H18O2/c1-4-9-7(2)5-6-10(9)8(3)11(12)13/h4,7-10H,1,5-6H2,2-3H3,(H,12,13)/t7-,8+,9+,10+/m0/s1. The largest absolute Gasteiger partial charge is 0.481 e. The number of hydrogen-bond donors (Lipinski definition) is 1. The Hall–Kier alpha value is -0.790. The Kier molecular flexibility index (Phi) is 3.12. The molecule has 1 aliphatic carbocycles. The van der Waals surface area contributed by atoms with E-state index in [1.807, 2.05) is 13.0 Å². The third kappa shape index (κ3) is 1.93. The van der Waals surface area contributed by atoms with Crippen LogP contribution in [0.25, 0.3) is 0 Å². The van der Waals surface area contributed by atoms with Crippen LogP contribution < -0.4 is 0 Å². The van der Waals surface area contributed by atoms with E-state index in [2.05, 4.69) is 13.5 Å². The summed E-state index contributed by atoms with van der Waals surface area (Å²) in [6.07, 6.45) is 4.10. The van der Waals surface area contributed by atoms with Gasteiger partial charge in [-0.3, -0.25) is 4.79 Å². The van der Waals surface area contributed by atoms with Gasteiger partial charge in [-0.2, -0.15) is 0 Å².